The van der Waals surface area contributed by atoms with Gasteiger partial charge in [0.2, 0.25) is 0 Å². The molecule has 1 unspecified atom stereocenters. The zero-order valence-electron chi connectivity index (χ0n) is 10.9. The van der Waals surface area contributed by atoms with Crippen LogP contribution in [0.4, 0.5) is 0 Å². The minimum absolute atomic E-state index is 0.214. The molecule has 0 fully saturated rings. The molecule has 0 aliphatic heterocycles. The highest BCUT2D eigenvalue weighted by molar-refractivity contribution is 14.1. The van der Waals surface area contributed by atoms with E-state index in [-0.39, 0.29) is 6.04 Å². The van der Waals surface area contributed by atoms with Gasteiger partial charge in [0, 0.05) is 15.2 Å². The van der Waals surface area contributed by atoms with E-state index in [0.29, 0.717) is 0 Å². The Morgan fingerprint density at radius 2 is 1.74 bits per heavy atom. The van der Waals surface area contributed by atoms with Crippen molar-refractivity contribution in [3.8, 4) is 11.5 Å². The Morgan fingerprint density at radius 3 is 2.37 bits per heavy atom. The summed E-state index contributed by atoms with van der Waals surface area (Å²) in [6.07, 6.45) is 0. The first-order valence-corrected chi connectivity index (χ1v) is 6.97. The molecule has 0 aliphatic carbocycles. The lowest BCUT2D eigenvalue weighted by Gasteiger charge is -2.18. The van der Waals surface area contributed by atoms with E-state index in [1.165, 1.54) is 0 Å². The zero-order chi connectivity index (χ0) is 13.8. The zero-order valence-corrected chi connectivity index (χ0v) is 13.0. The van der Waals surface area contributed by atoms with E-state index in [2.05, 4.69) is 22.6 Å². The van der Waals surface area contributed by atoms with Gasteiger partial charge in [0.25, 0.3) is 0 Å². The van der Waals surface area contributed by atoms with Crippen LogP contribution in [0.15, 0.2) is 42.5 Å². The first kappa shape index (κ1) is 14.1. The van der Waals surface area contributed by atoms with Crippen LogP contribution in [-0.4, -0.2) is 14.2 Å². The molecule has 2 N–H and O–H groups in total. The third kappa shape index (κ3) is 3.01. The summed E-state index contributed by atoms with van der Waals surface area (Å²) in [5.41, 5.74) is 8.40. The van der Waals surface area contributed by atoms with Crippen molar-refractivity contribution < 1.29 is 9.47 Å². The van der Waals surface area contributed by atoms with E-state index >= 15 is 0 Å². The first-order valence-electron chi connectivity index (χ1n) is 5.89. The Labute approximate surface area is 126 Å². The standard InChI is InChI=1S/C15H16INO2/c1-18-10-7-8-12(14(9-10)19-2)15(17)11-5-3-4-6-13(11)16/h3-9,15H,17H2,1-2H3. The van der Waals surface area contributed by atoms with Gasteiger partial charge in [0.05, 0.1) is 20.3 Å². The van der Waals surface area contributed by atoms with Gasteiger partial charge in [-0.25, -0.2) is 0 Å². The quantitative estimate of drug-likeness (QED) is 0.841. The van der Waals surface area contributed by atoms with Crippen LogP contribution in [0.3, 0.4) is 0 Å². The molecule has 0 heterocycles. The third-order valence-electron chi connectivity index (χ3n) is 3.02. The molecule has 0 radical (unpaired) electrons. The SMILES string of the molecule is COc1ccc(C(N)c2ccccc2I)c(OC)c1. The second-order valence-corrected chi connectivity index (χ2v) is 5.27. The third-order valence-corrected chi connectivity index (χ3v) is 4.00. The van der Waals surface area contributed by atoms with E-state index in [1.54, 1.807) is 14.2 Å². The summed E-state index contributed by atoms with van der Waals surface area (Å²) in [5, 5.41) is 0. The topological polar surface area (TPSA) is 44.5 Å². The van der Waals surface area contributed by atoms with Crippen LogP contribution >= 0.6 is 22.6 Å². The monoisotopic (exact) mass is 369 g/mol. The lowest BCUT2D eigenvalue weighted by atomic mass is 9.98. The van der Waals surface area contributed by atoms with Crippen LogP contribution in [0, 0.1) is 3.57 Å². The number of nitrogens with two attached hydrogens (primary N) is 1. The summed E-state index contributed by atoms with van der Waals surface area (Å²) in [6.45, 7) is 0. The van der Waals surface area contributed by atoms with Gasteiger partial charge in [-0.05, 0) is 46.4 Å². The van der Waals surface area contributed by atoms with E-state index in [9.17, 15) is 0 Å². The Kier molecular flexibility index (Phi) is 4.66. The molecule has 0 spiro atoms. The van der Waals surface area contributed by atoms with Gasteiger partial charge in [0.15, 0.2) is 0 Å². The summed E-state index contributed by atoms with van der Waals surface area (Å²) in [5.74, 6) is 1.50. The molecule has 3 nitrogen and oxygen atoms in total. The molecule has 2 aromatic rings. The van der Waals surface area contributed by atoms with Crippen LogP contribution < -0.4 is 15.2 Å². The van der Waals surface area contributed by atoms with Gasteiger partial charge in [-0.3, -0.25) is 0 Å². The summed E-state index contributed by atoms with van der Waals surface area (Å²) >= 11 is 2.29. The minimum atomic E-state index is -0.214. The predicted molar refractivity (Wildman–Crippen MR) is 84.7 cm³/mol. The van der Waals surface area contributed by atoms with Gasteiger partial charge >= 0.3 is 0 Å². The van der Waals surface area contributed by atoms with Crippen LogP contribution in [0.25, 0.3) is 0 Å². The average molecular weight is 369 g/mol. The molecular weight excluding hydrogens is 353 g/mol. The minimum Gasteiger partial charge on any atom is -0.497 e. The summed E-state index contributed by atoms with van der Waals surface area (Å²) in [7, 11) is 3.27. The summed E-state index contributed by atoms with van der Waals surface area (Å²) in [4.78, 5) is 0. The number of hydrogen-bond acceptors (Lipinski definition) is 3. The summed E-state index contributed by atoms with van der Waals surface area (Å²) in [6, 6.07) is 13.6. The fourth-order valence-electron chi connectivity index (χ4n) is 1.97. The van der Waals surface area contributed by atoms with Crippen molar-refractivity contribution in [3.05, 3.63) is 57.2 Å². The fraction of sp³-hybridized carbons (Fsp3) is 0.200. The molecule has 1 atom stereocenters. The summed E-state index contributed by atoms with van der Waals surface area (Å²) < 4.78 is 11.8. The first-order chi connectivity index (χ1) is 9.17. The molecule has 2 aromatic carbocycles. The van der Waals surface area contributed by atoms with Crippen LogP contribution in [-0.2, 0) is 0 Å². The van der Waals surface area contributed by atoms with Crippen molar-refractivity contribution in [2.24, 2.45) is 5.73 Å². The second-order valence-electron chi connectivity index (χ2n) is 4.11. The Hall–Kier alpha value is -1.27. The average Bonchev–Trinajstić information content (AvgIpc) is 2.46. The molecule has 0 amide bonds. The van der Waals surface area contributed by atoms with Crippen molar-refractivity contribution in [2.45, 2.75) is 6.04 Å². The van der Waals surface area contributed by atoms with Crippen molar-refractivity contribution in [1.29, 1.82) is 0 Å². The molecule has 0 saturated carbocycles. The molecule has 0 aliphatic rings. The van der Waals surface area contributed by atoms with Crippen molar-refractivity contribution in [2.75, 3.05) is 14.2 Å². The predicted octanol–water partition coefficient (Wildman–Crippen LogP) is 3.36. The van der Waals surface area contributed by atoms with Crippen LogP contribution in [0.2, 0.25) is 0 Å². The number of methoxy groups -OCH3 is 2. The number of hydrogen-bond donors (Lipinski definition) is 1. The van der Waals surface area contributed by atoms with Crippen molar-refractivity contribution in [3.63, 3.8) is 0 Å². The fourth-order valence-corrected chi connectivity index (χ4v) is 2.69. The van der Waals surface area contributed by atoms with E-state index < -0.39 is 0 Å². The van der Waals surface area contributed by atoms with E-state index in [4.69, 9.17) is 15.2 Å². The molecule has 0 aromatic heterocycles. The van der Waals surface area contributed by atoms with Gasteiger partial charge in [-0.15, -0.1) is 0 Å². The van der Waals surface area contributed by atoms with Crippen LogP contribution in [0.1, 0.15) is 17.2 Å². The molecular formula is C15H16INO2. The molecule has 0 saturated heterocycles. The molecule has 0 bridgehead atoms. The second kappa shape index (κ2) is 6.25. The maximum absolute atomic E-state index is 6.36. The van der Waals surface area contributed by atoms with Gasteiger partial charge < -0.3 is 15.2 Å². The Morgan fingerprint density at radius 1 is 1.00 bits per heavy atom. The number of benzene rings is 2. The maximum Gasteiger partial charge on any atom is 0.127 e. The van der Waals surface area contributed by atoms with Gasteiger partial charge in [-0.2, -0.15) is 0 Å². The molecule has 100 valence electrons. The smallest absolute Gasteiger partial charge is 0.127 e. The highest BCUT2D eigenvalue weighted by Crippen LogP contribution is 2.33. The van der Waals surface area contributed by atoms with Crippen LogP contribution in [0.5, 0.6) is 11.5 Å². The largest absolute Gasteiger partial charge is 0.497 e. The molecule has 19 heavy (non-hydrogen) atoms. The van der Waals surface area contributed by atoms with Gasteiger partial charge in [0.1, 0.15) is 11.5 Å². The normalized spacial score (nSPS) is 12.0. The lowest BCUT2D eigenvalue weighted by molar-refractivity contribution is 0.390. The van der Waals surface area contributed by atoms with Crippen molar-refractivity contribution >= 4 is 22.6 Å². The highest BCUT2D eigenvalue weighted by atomic mass is 127. The van der Waals surface area contributed by atoms with Crippen molar-refractivity contribution in [1.82, 2.24) is 0 Å². The number of rotatable bonds is 4. The van der Waals surface area contributed by atoms with E-state index in [0.717, 1.165) is 26.2 Å². The maximum atomic E-state index is 6.36. The lowest BCUT2D eigenvalue weighted by Crippen LogP contribution is -2.14. The van der Waals surface area contributed by atoms with Gasteiger partial charge in [-0.1, -0.05) is 18.2 Å². The molecule has 2 rings (SSSR count). The number of ether oxygens (including phenoxy) is 2. The molecule has 4 heteroatoms. The Balaban J connectivity index is 2.44. The highest BCUT2D eigenvalue weighted by Gasteiger charge is 2.16. The van der Waals surface area contributed by atoms with E-state index in [1.807, 2.05) is 42.5 Å². The Bertz CT molecular complexity index is 572. The number of halogens is 1.